The predicted molar refractivity (Wildman–Crippen MR) is 117 cm³/mol. The lowest BCUT2D eigenvalue weighted by atomic mass is 9.91. The lowest BCUT2D eigenvalue weighted by Gasteiger charge is -2.23. The molecule has 4 N–H and O–H groups in total. The van der Waals surface area contributed by atoms with E-state index < -0.39 is 11.7 Å². The summed E-state index contributed by atoms with van der Waals surface area (Å²) in [5.41, 5.74) is 9.07. The number of anilines is 3. The molecule has 1 fully saturated rings. The lowest BCUT2D eigenvalue weighted by molar-refractivity contribution is 0.0853. The molecule has 31 heavy (non-hydrogen) atoms. The minimum Gasteiger partial charge on any atom is -0.381 e. The van der Waals surface area contributed by atoms with Gasteiger partial charge < -0.3 is 21.1 Å². The Morgan fingerprint density at radius 3 is 2.77 bits per heavy atom. The van der Waals surface area contributed by atoms with Crippen LogP contribution in [0.5, 0.6) is 0 Å². The van der Waals surface area contributed by atoms with E-state index in [4.69, 9.17) is 10.5 Å². The third-order valence-electron chi connectivity index (χ3n) is 5.27. The summed E-state index contributed by atoms with van der Waals surface area (Å²) >= 11 is 0. The first-order valence-electron chi connectivity index (χ1n) is 10.2. The van der Waals surface area contributed by atoms with Crippen molar-refractivity contribution in [2.75, 3.05) is 23.8 Å². The third-order valence-corrected chi connectivity index (χ3v) is 5.27. The second-order valence-corrected chi connectivity index (χ2v) is 7.48. The van der Waals surface area contributed by atoms with E-state index in [1.165, 1.54) is 17.8 Å². The SMILES string of the molecule is NC(=O)c1cnc(Nc2cccc(C3CCOCC3)c2)cc1NCc1cncc(F)c1. The second kappa shape index (κ2) is 9.53. The average Bonchev–Trinajstić information content (AvgIpc) is 2.78. The number of carbonyl (C=O) groups excluding carboxylic acids is 1. The first kappa shape index (κ1) is 20.7. The minimum atomic E-state index is -0.597. The quantitative estimate of drug-likeness (QED) is 0.534. The van der Waals surface area contributed by atoms with E-state index in [1.54, 1.807) is 12.3 Å². The molecule has 0 spiro atoms. The summed E-state index contributed by atoms with van der Waals surface area (Å²) in [6.45, 7) is 1.86. The summed E-state index contributed by atoms with van der Waals surface area (Å²) in [6, 6.07) is 11.3. The third kappa shape index (κ3) is 5.35. The van der Waals surface area contributed by atoms with Crippen molar-refractivity contribution in [2.45, 2.75) is 25.3 Å². The van der Waals surface area contributed by atoms with Gasteiger partial charge in [0.25, 0.3) is 5.91 Å². The molecular formula is C23H24FN5O2. The van der Waals surface area contributed by atoms with Crippen LogP contribution in [0.4, 0.5) is 21.6 Å². The van der Waals surface area contributed by atoms with Gasteiger partial charge in [0.15, 0.2) is 0 Å². The van der Waals surface area contributed by atoms with Crippen LogP contribution in [0.3, 0.4) is 0 Å². The molecule has 4 rings (SSSR count). The molecule has 1 amide bonds. The fraction of sp³-hybridized carbons (Fsp3) is 0.261. The lowest BCUT2D eigenvalue weighted by Crippen LogP contribution is -2.15. The molecule has 0 saturated carbocycles. The Labute approximate surface area is 179 Å². The van der Waals surface area contributed by atoms with E-state index in [-0.39, 0.29) is 12.1 Å². The van der Waals surface area contributed by atoms with Crippen LogP contribution in [0.15, 0.2) is 55.0 Å². The van der Waals surface area contributed by atoms with Gasteiger partial charge in [-0.15, -0.1) is 0 Å². The normalized spacial score (nSPS) is 14.2. The van der Waals surface area contributed by atoms with Crippen molar-refractivity contribution < 1.29 is 13.9 Å². The number of hydrogen-bond donors (Lipinski definition) is 3. The monoisotopic (exact) mass is 421 g/mol. The topological polar surface area (TPSA) is 102 Å². The van der Waals surface area contributed by atoms with Gasteiger partial charge in [-0.05, 0) is 48.1 Å². The number of nitrogens with zero attached hydrogens (tertiary/aromatic N) is 2. The molecule has 3 heterocycles. The number of carbonyl (C=O) groups is 1. The molecule has 1 aromatic carbocycles. The maximum absolute atomic E-state index is 13.4. The first-order valence-corrected chi connectivity index (χ1v) is 10.2. The highest BCUT2D eigenvalue weighted by Crippen LogP contribution is 2.29. The number of benzene rings is 1. The zero-order valence-electron chi connectivity index (χ0n) is 17.0. The van der Waals surface area contributed by atoms with Gasteiger partial charge in [-0.3, -0.25) is 9.78 Å². The van der Waals surface area contributed by atoms with Crippen LogP contribution < -0.4 is 16.4 Å². The molecule has 1 saturated heterocycles. The molecule has 7 nitrogen and oxygen atoms in total. The Morgan fingerprint density at radius 2 is 2.00 bits per heavy atom. The van der Waals surface area contributed by atoms with E-state index in [0.29, 0.717) is 23.0 Å². The van der Waals surface area contributed by atoms with Crippen LogP contribution >= 0.6 is 0 Å². The number of pyridine rings is 2. The zero-order chi connectivity index (χ0) is 21.6. The number of rotatable bonds is 7. The predicted octanol–water partition coefficient (Wildman–Crippen LogP) is 3.96. The van der Waals surface area contributed by atoms with Crippen LogP contribution in [0.25, 0.3) is 0 Å². The van der Waals surface area contributed by atoms with Crippen molar-refractivity contribution in [1.82, 2.24) is 9.97 Å². The first-order chi connectivity index (χ1) is 15.1. The Balaban J connectivity index is 1.52. The molecule has 0 bridgehead atoms. The van der Waals surface area contributed by atoms with E-state index in [2.05, 4.69) is 32.7 Å². The van der Waals surface area contributed by atoms with Crippen LogP contribution in [0, 0.1) is 5.82 Å². The van der Waals surface area contributed by atoms with Crippen LogP contribution in [-0.2, 0) is 11.3 Å². The van der Waals surface area contributed by atoms with Crippen molar-refractivity contribution in [1.29, 1.82) is 0 Å². The molecule has 0 radical (unpaired) electrons. The largest absolute Gasteiger partial charge is 0.381 e. The smallest absolute Gasteiger partial charge is 0.252 e. The van der Waals surface area contributed by atoms with E-state index in [1.807, 2.05) is 12.1 Å². The molecule has 2 aromatic heterocycles. The number of nitrogens with one attached hydrogen (secondary N) is 2. The van der Waals surface area contributed by atoms with Crippen LogP contribution in [0.1, 0.15) is 40.2 Å². The molecule has 3 aromatic rings. The number of aromatic nitrogens is 2. The number of primary amides is 1. The molecule has 1 aliphatic heterocycles. The number of amides is 1. The summed E-state index contributed by atoms with van der Waals surface area (Å²) in [6.07, 6.45) is 6.15. The summed E-state index contributed by atoms with van der Waals surface area (Å²) in [7, 11) is 0. The Hall–Kier alpha value is -3.52. The number of nitrogens with two attached hydrogens (primary N) is 1. The molecule has 160 valence electrons. The van der Waals surface area contributed by atoms with Crippen LogP contribution in [0.2, 0.25) is 0 Å². The Kier molecular flexibility index (Phi) is 6.37. The fourth-order valence-corrected chi connectivity index (χ4v) is 3.67. The Bertz CT molecular complexity index is 1070. The number of ether oxygens (including phenoxy) is 1. The van der Waals surface area contributed by atoms with Gasteiger partial charge >= 0.3 is 0 Å². The molecule has 8 heteroatoms. The van der Waals surface area contributed by atoms with Gasteiger partial charge in [0, 0.05) is 43.9 Å². The van der Waals surface area contributed by atoms with Crippen molar-refractivity contribution in [3.8, 4) is 0 Å². The molecule has 0 aliphatic carbocycles. The summed E-state index contributed by atoms with van der Waals surface area (Å²) in [4.78, 5) is 20.0. The summed E-state index contributed by atoms with van der Waals surface area (Å²) < 4.78 is 18.8. The maximum atomic E-state index is 13.4. The molecule has 0 unspecified atom stereocenters. The second-order valence-electron chi connectivity index (χ2n) is 7.48. The average molecular weight is 421 g/mol. The maximum Gasteiger partial charge on any atom is 0.252 e. The van der Waals surface area contributed by atoms with Crippen molar-refractivity contribution in [3.63, 3.8) is 0 Å². The molecule has 0 atom stereocenters. The van der Waals surface area contributed by atoms with Crippen molar-refractivity contribution in [2.24, 2.45) is 5.73 Å². The van der Waals surface area contributed by atoms with Gasteiger partial charge in [-0.1, -0.05) is 12.1 Å². The van der Waals surface area contributed by atoms with Gasteiger partial charge in [0.2, 0.25) is 0 Å². The highest BCUT2D eigenvalue weighted by atomic mass is 19.1. The summed E-state index contributed by atoms with van der Waals surface area (Å²) in [5.74, 6) is 0.0307. The highest BCUT2D eigenvalue weighted by molar-refractivity contribution is 5.98. The molecule has 1 aliphatic rings. The summed E-state index contributed by atoms with van der Waals surface area (Å²) in [5, 5.41) is 6.42. The van der Waals surface area contributed by atoms with E-state index in [0.717, 1.165) is 37.9 Å². The molecular weight excluding hydrogens is 397 g/mol. The van der Waals surface area contributed by atoms with Crippen molar-refractivity contribution >= 4 is 23.1 Å². The minimum absolute atomic E-state index is 0.255. The fourth-order valence-electron chi connectivity index (χ4n) is 3.67. The van der Waals surface area contributed by atoms with Gasteiger partial charge in [0.05, 0.1) is 17.4 Å². The van der Waals surface area contributed by atoms with Gasteiger partial charge in [-0.2, -0.15) is 0 Å². The van der Waals surface area contributed by atoms with Gasteiger partial charge in [0.1, 0.15) is 11.6 Å². The number of halogens is 1. The van der Waals surface area contributed by atoms with Crippen LogP contribution in [-0.4, -0.2) is 29.1 Å². The van der Waals surface area contributed by atoms with E-state index in [9.17, 15) is 9.18 Å². The number of hydrogen-bond acceptors (Lipinski definition) is 6. The highest BCUT2D eigenvalue weighted by Gasteiger charge is 2.16. The van der Waals surface area contributed by atoms with Gasteiger partial charge in [-0.25, -0.2) is 9.37 Å². The van der Waals surface area contributed by atoms with Crippen molar-refractivity contribution in [3.05, 3.63) is 77.5 Å². The Morgan fingerprint density at radius 1 is 1.16 bits per heavy atom. The zero-order valence-corrected chi connectivity index (χ0v) is 17.0. The van der Waals surface area contributed by atoms with E-state index >= 15 is 0 Å². The standard InChI is InChI=1S/C23H24FN5O2/c24-18-8-15(11-26-13-18)12-27-21-10-22(28-14-20(21)23(25)30)29-19-3-1-2-17(9-19)16-4-6-31-7-5-16/h1-3,8-11,13-14,16H,4-7,12H2,(H2,25,30)(H2,27,28,29).